The highest BCUT2D eigenvalue weighted by Gasteiger charge is 2.19. The van der Waals surface area contributed by atoms with Gasteiger partial charge in [-0.3, -0.25) is 9.69 Å². The molecular weight excluding hydrogens is 220 g/mol. The van der Waals surface area contributed by atoms with E-state index >= 15 is 0 Å². The predicted molar refractivity (Wildman–Crippen MR) is 64.5 cm³/mol. The summed E-state index contributed by atoms with van der Waals surface area (Å²) < 4.78 is 4.62. The van der Waals surface area contributed by atoms with Gasteiger partial charge in [0, 0.05) is 12.6 Å². The molecule has 0 saturated carbocycles. The van der Waals surface area contributed by atoms with Gasteiger partial charge in [0.05, 0.1) is 6.61 Å². The first kappa shape index (κ1) is 14.0. The Morgan fingerprint density at radius 2 is 1.94 bits per heavy atom. The number of carbonyl (C=O) groups is 2. The average molecular weight is 242 g/mol. The van der Waals surface area contributed by atoms with Crippen molar-refractivity contribution in [2.75, 3.05) is 26.2 Å². The maximum absolute atomic E-state index is 11.3. The largest absolute Gasteiger partial charge is 0.459 e. The lowest BCUT2D eigenvalue weighted by atomic mass is 10.1. The highest BCUT2D eigenvalue weighted by molar-refractivity contribution is 6.32. The first-order valence-electron chi connectivity index (χ1n) is 6.34. The number of likely N-dealkylation sites (tertiary alicyclic amines) is 1. The molecule has 1 rings (SSSR count). The zero-order valence-electron chi connectivity index (χ0n) is 10.7. The van der Waals surface area contributed by atoms with Crippen LogP contribution in [0.5, 0.6) is 0 Å². The first-order chi connectivity index (χ1) is 8.15. The van der Waals surface area contributed by atoms with E-state index in [0.29, 0.717) is 6.54 Å². The number of nitrogens with zero attached hydrogens (tertiary/aromatic N) is 1. The predicted octanol–water partition coefficient (Wildman–Crippen LogP) is 0.540. The van der Waals surface area contributed by atoms with E-state index in [9.17, 15) is 9.59 Å². The summed E-state index contributed by atoms with van der Waals surface area (Å²) in [4.78, 5) is 24.7. The van der Waals surface area contributed by atoms with Crippen LogP contribution in [0.25, 0.3) is 0 Å². The second-order valence-electron chi connectivity index (χ2n) is 4.38. The van der Waals surface area contributed by atoms with Gasteiger partial charge in [0.25, 0.3) is 0 Å². The van der Waals surface area contributed by atoms with Gasteiger partial charge < -0.3 is 10.1 Å². The second kappa shape index (κ2) is 7.27. The summed E-state index contributed by atoms with van der Waals surface area (Å²) in [5, 5.41) is 2.61. The molecule has 0 aliphatic carbocycles. The van der Waals surface area contributed by atoms with E-state index in [0.717, 1.165) is 13.1 Å². The Morgan fingerprint density at radius 1 is 1.29 bits per heavy atom. The van der Waals surface area contributed by atoms with Gasteiger partial charge in [-0.05, 0) is 39.8 Å². The topological polar surface area (TPSA) is 58.6 Å². The summed E-state index contributed by atoms with van der Waals surface area (Å²) in [6, 6.07) is 0.272. The third-order valence-corrected chi connectivity index (χ3v) is 3.03. The van der Waals surface area contributed by atoms with E-state index in [4.69, 9.17) is 0 Å². The van der Waals surface area contributed by atoms with Crippen molar-refractivity contribution in [1.29, 1.82) is 0 Å². The Kier molecular flexibility index (Phi) is 5.97. The highest BCUT2D eigenvalue weighted by atomic mass is 16.5. The van der Waals surface area contributed by atoms with Gasteiger partial charge in [-0.15, -0.1) is 0 Å². The zero-order valence-corrected chi connectivity index (χ0v) is 10.7. The van der Waals surface area contributed by atoms with E-state index in [1.54, 1.807) is 6.92 Å². The van der Waals surface area contributed by atoms with Gasteiger partial charge in [0.1, 0.15) is 0 Å². The van der Waals surface area contributed by atoms with Crippen molar-refractivity contribution in [1.82, 2.24) is 10.2 Å². The minimum Gasteiger partial charge on any atom is -0.459 e. The molecule has 1 amide bonds. The minimum absolute atomic E-state index is 0.230. The Bertz CT molecular complexity index is 262. The Hall–Kier alpha value is -1.10. The summed E-state index contributed by atoms with van der Waals surface area (Å²) >= 11 is 0. The molecule has 98 valence electrons. The number of piperidine rings is 1. The molecule has 5 nitrogen and oxygen atoms in total. The van der Waals surface area contributed by atoms with Crippen LogP contribution >= 0.6 is 0 Å². The normalized spacial score (nSPS) is 18.5. The third-order valence-electron chi connectivity index (χ3n) is 3.03. The molecule has 1 aliphatic rings. The monoisotopic (exact) mass is 242 g/mol. The van der Waals surface area contributed by atoms with Crippen molar-refractivity contribution in [2.24, 2.45) is 0 Å². The van der Waals surface area contributed by atoms with E-state index in [-0.39, 0.29) is 12.6 Å². The fourth-order valence-electron chi connectivity index (χ4n) is 2.00. The lowest BCUT2D eigenvalue weighted by Crippen LogP contribution is -2.46. The number of nitrogens with one attached hydrogen (secondary N) is 1. The zero-order chi connectivity index (χ0) is 12.7. The third kappa shape index (κ3) is 4.73. The maximum Gasteiger partial charge on any atom is 0.396 e. The number of hydrogen-bond acceptors (Lipinski definition) is 4. The summed E-state index contributed by atoms with van der Waals surface area (Å²) in [5.41, 5.74) is 0. The molecule has 1 heterocycles. The summed E-state index contributed by atoms with van der Waals surface area (Å²) in [5.74, 6) is -1.44. The summed E-state index contributed by atoms with van der Waals surface area (Å²) in [6.45, 7) is 6.64. The van der Waals surface area contributed by atoms with Crippen LogP contribution in [0.1, 0.15) is 33.1 Å². The molecule has 0 aromatic heterocycles. The van der Waals surface area contributed by atoms with Crippen LogP contribution in [0, 0.1) is 0 Å². The molecule has 1 N–H and O–H groups in total. The number of rotatable bonds is 4. The second-order valence-corrected chi connectivity index (χ2v) is 4.38. The van der Waals surface area contributed by atoms with Crippen molar-refractivity contribution in [3.63, 3.8) is 0 Å². The summed E-state index contributed by atoms with van der Waals surface area (Å²) in [7, 11) is 0. The van der Waals surface area contributed by atoms with E-state index in [2.05, 4.69) is 21.9 Å². The summed E-state index contributed by atoms with van der Waals surface area (Å²) in [6.07, 6.45) is 3.73. The number of amides is 1. The molecule has 1 fully saturated rings. The lowest BCUT2D eigenvalue weighted by Gasteiger charge is -2.32. The Balaban J connectivity index is 2.24. The van der Waals surface area contributed by atoms with Gasteiger partial charge in [-0.25, -0.2) is 4.79 Å². The molecule has 0 bridgehead atoms. The van der Waals surface area contributed by atoms with Crippen molar-refractivity contribution < 1.29 is 14.3 Å². The maximum atomic E-state index is 11.3. The number of esters is 1. The molecule has 5 heteroatoms. The molecule has 0 aromatic carbocycles. The van der Waals surface area contributed by atoms with Crippen molar-refractivity contribution in [3.05, 3.63) is 0 Å². The van der Waals surface area contributed by atoms with Crippen LogP contribution < -0.4 is 5.32 Å². The van der Waals surface area contributed by atoms with Crippen LogP contribution in [0.4, 0.5) is 0 Å². The highest BCUT2D eigenvalue weighted by Crippen LogP contribution is 2.11. The van der Waals surface area contributed by atoms with Gasteiger partial charge >= 0.3 is 11.9 Å². The van der Waals surface area contributed by atoms with E-state index in [1.807, 2.05) is 0 Å². The van der Waals surface area contributed by atoms with Crippen molar-refractivity contribution in [2.45, 2.75) is 39.2 Å². The van der Waals surface area contributed by atoms with Gasteiger partial charge in [-0.2, -0.15) is 0 Å². The van der Waals surface area contributed by atoms with Gasteiger partial charge in [0.15, 0.2) is 0 Å². The quantitative estimate of drug-likeness (QED) is 0.577. The van der Waals surface area contributed by atoms with Crippen LogP contribution in [-0.4, -0.2) is 49.1 Å². The van der Waals surface area contributed by atoms with Crippen molar-refractivity contribution >= 4 is 11.9 Å². The Labute approximate surface area is 102 Å². The SMILES string of the molecule is CCOC(=O)C(=O)NCC(C)N1CCCCC1. The Morgan fingerprint density at radius 3 is 2.53 bits per heavy atom. The fourth-order valence-corrected chi connectivity index (χ4v) is 2.00. The first-order valence-corrected chi connectivity index (χ1v) is 6.34. The van der Waals surface area contributed by atoms with Gasteiger partial charge in [-0.1, -0.05) is 6.42 Å². The number of carbonyl (C=O) groups excluding carboxylic acids is 2. The van der Waals surface area contributed by atoms with Crippen molar-refractivity contribution in [3.8, 4) is 0 Å². The molecule has 1 aliphatic heterocycles. The van der Waals surface area contributed by atoms with Crippen LogP contribution in [-0.2, 0) is 14.3 Å². The smallest absolute Gasteiger partial charge is 0.396 e. The lowest BCUT2D eigenvalue weighted by molar-refractivity contribution is -0.154. The minimum atomic E-state index is -0.793. The molecule has 0 spiro atoms. The molecule has 17 heavy (non-hydrogen) atoms. The van der Waals surface area contributed by atoms with Crippen LogP contribution in [0.2, 0.25) is 0 Å². The van der Waals surface area contributed by atoms with Gasteiger partial charge in [0.2, 0.25) is 0 Å². The molecule has 1 saturated heterocycles. The number of ether oxygens (including phenoxy) is 1. The molecule has 0 radical (unpaired) electrons. The molecule has 1 unspecified atom stereocenters. The van der Waals surface area contributed by atoms with E-state index < -0.39 is 11.9 Å². The van der Waals surface area contributed by atoms with Crippen LogP contribution in [0.15, 0.2) is 0 Å². The van der Waals surface area contributed by atoms with Crippen LogP contribution in [0.3, 0.4) is 0 Å². The average Bonchev–Trinajstić information content (AvgIpc) is 2.36. The fraction of sp³-hybridized carbons (Fsp3) is 0.833. The molecular formula is C12H22N2O3. The van der Waals surface area contributed by atoms with E-state index in [1.165, 1.54) is 19.3 Å². The molecule has 0 aromatic rings. The number of hydrogen-bond donors (Lipinski definition) is 1. The standard InChI is InChI=1S/C12H22N2O3/c1-3-17-12(16)11(15)13-9-10(2)14-7-5-4-6-8-14/h10H,3-9H2,1-2H3,(H,13,15). The molecule has 1 atom stereocenters.